The van der Waals surface area contributed by atoms with Gasteiger partial charge < -0.3 is 5.32 Å². The van der Waals surface area contributed by atoms with Gasteiger partial charge in [-0.25, -0.2) is 0 Å². The van der Waals surface area contributed by atoms with E-state index in [4.69, 9.17) is 0 Å². The van der Waals surface area contributed by atoms with Crippen LogP contribution in [0.1, 0.15) is 23.8 Å². The molecule has 0 radical (unpaired) electrons. The molecule has 1 atom stereocenters. The predicted octanol–water partition coefficient (Wildman–Crippen LogP) is 2.87. The van der Waals surface area contributed by atoms with Gasteiger partial charge >= 0.3 is 0 Å². The first-order chi connectivity index (χ1) is 11.7. The molecular weight excluding hydrogens is 322 g/mol. The highest BCUT2D eigenvalue weighted by Gasteiger charge is 2.32. The number of rotatable bonds is 3. The molecule has 4 rings (SSSR count). The van der Waals surface area contributed by atoms with Gasteiger partial charge in [-0.1, -0.05) is 18.2 Å². The van der Waals surface area contributed by atoms with Crippen molar-refractivity contribution in [3.8, 4) is 0 Å². The lowest BCUT2D eigenvalue weighted by Gasteiger charge is -2.31. The highest BCUT2D eigenvalue weighted by molar-refractivity contribution is 7.10. The number of fused-ring (bicyclic) bond motifs is 1. The van der Waals surface area contributed by atoms with E-state index in [0.717, 1.165) is 25.1 Å². The van der Waals surface area contributed by atoms with E-state index in [1.165, 1.54) is 4.88 Å². The molecule has 3 heterocycles. The van der Waals surface area contributed by atoms with Gasteiger partial charge in [0.2, 0.25) is 11.8 Å². The molecule has 124 valence electrons. The maximum atomic E-state index is 12.9. The molecule has 2 aromatic rings. The first kappa shape index (κ1) is 15.4. The maximum Gasteiger partial charge on any atom is 0.244 e. The Kier molecular flexibility index (Phi) is 4.08. The minimum absolute atomic E-state index is 0.0132. The second kappa shape index (κ2) is 6.37. The molecule has 1 N–H and O–H groups in total. The summed E-state index contributed by atoms with van der Waals surface area (Å²) in [6.07, 6.45) is 2.19. The van der Waals surface area contributed by atoms with Crippen molar-refractivity contribution in [3.05, 3.63) is 46.7 Å². The molecular formula is C18H19N3O2S. The fourth-order valence-corrected chi connectivity index (χ4v) is 4.43. The van der Waals surface area contributed by atoms with Gasteiger partial charge in [-0.3, -0.25) is 19.4 Å². The van der Waals surface area contributed by atoms with Crippen molar-refractivity contribution in [1.82, 2.24) is 4.90 Å². The molecule has 24 heavy (non-hydrogen) atoms. The van der Waals surface area contributed by atoms with E-state index in [9.17, 15) is 9.59 Å². The van der Waals surface area contributed by atoms with Crippen LogP contribution in [0.3, 0.4) is 0 Å². The standard InChI is InChI=1S/C18H19N3O2S/c22-17-11-21(14-6-2-1-5-13(14)19-17)18(23)12-20-9-3-7-15(20)16-8-4-10-24-16/h1-2,4-6,8,10,15H,3,7,9,11-12H2,(H,19,22). The van der Waals surface area contributed by atoms with Gasteiger partial charge in [0, 0.05) is 10.9 Å². The molecule has 2 aliphatic heterocycles. The molecule has 1 aromatic carbocycles. The van der Waals surface area contributed by atoms with Gasteiger partial charge in [0.05, 0.1) is 17.9 Å². The molecule has 1 saturated heterocycles. The Labute approximate surface area is 144 Å². The molecule has 1 fully saturated rings. The number of carbonyl (C=O) groups is 2. The number of hydrogen-bond donors (Lipinski definition) is 1. The molecule has 1 unspecified atom stereocenters. The van der Waals surface area contributed by atoms with Crippen molar-refractivity contribution in [2.75, 3.05) is 29.9 Å². The molecule has 2 amide bonds. The predicted molar refractivity (Wildman–Crippen MR) is 95.3 cm³/mol. The fraction of sp³-hybridized carbons (Fsp3) is 0.333. The zero-order chi connectivity index (χ0) is 16.5. The summed E-state index contributed by atoms with van der Waals surface area (Å²) in [7, 11) is 0. The van der Waals surface area contributed by atoms with Crippen LogP contribution in [-0.4, -0.2) is 36.3 Å². The Hall–Kier alpha value is -2.18. The molecule has 0 bridgehead atoms. The Bertz CT molecular complexity index is 759. The van der Waals surface area contributed by atoms with Crippen molar-refractivity contribution in [1.29, 1.82) is 0 Å². The van der Waals surface area contributed by atoms with Crippen molar-refractivity contribution >= 4 is 34.5 Å². The summed E-state index contributed by atoms with van der Waals surface area (Å²) in [6.45, 7) is 1.37. The third-order valence-corrected chi connectivity index (χ3v) is 5.62. The average molecular weight is 341 g/mol. The van der Waals surface area contributed by atoms with Crippen LogP contribution in [0.2, 0.25) is 0 Å². The van der Waals surface area contributed by atoms with Crippen LogP contribution in [0.15, 0.2) is 41.8 Å². The van der Waals surface area contributed by atoms with Gasteiger partial charge in [-0.05, 0) is 43.0 Å². The Morgan fingerprint density at radius 2 is 2.12 bits per heavy atom. The Balaban J connectivity index is 1.53. The van der Waals surface area contributed by atoms with E-state index in [0.29, 0.717) is 18.3 Å². The number of nitrogens with one attached hydrogen (secondary N) is 1. The van der Waals surface area contributed by atoms with Gasteiger partial charge in [-0.2, -0.15) is 0 Å². The van der Waals surface area contributed by atoms with Crippen LogP contribution < -0.4 is 10.2 Å². The topological polar surface area (TPSA) is 52.7 Å². The van der Waals surface area contributed by atoms with Gasteiger partial charge in [0.25, 0.3) is 0 Å². The minimum atomic E-state index is -0.140. The zero-order valence-electron chi connectivity index (χ0n) is 13.3. The molecule has 6 heteroatoms. The maximum absolute atomic E-state index is 12.9. The number of nitrogens with zero attached hydrogens (tertiary/aromatic N) is 2. The second-order valence-corrected chi connectivity index (χ2v) is 7.17. The molecule has 1 aromatic heterocycles. The summed E-state index contributed by atoms with van der Waals surface area (Å²) >= 11 is 1.74. The molecule has 0 aliphatic carbocycles. The number of para-hydroxylation sites is 2. The van der Waals surface area contributed by atoms with Gasteiger partial charge in [-0.15, -0.1) is 11.3 Å². The van der Waals surface area contributed by atoms with Crippen LogP contribution >= 0.6 is 11.3 Å². The smallest absolute Gasteiger partial charge is 0.244 e. The lowest BCUT2D eigenvalue weighted by Crippen LogP contribution is -2.46. The van der Waals surface area contributed by atoms with E-state index >= 15 is 0 Å². The highest BCUT2D eigenvalue weighted by Crippen LogP contribution is 2.35. The summed E-state index contributed by atoms with van der Waals surface area (Å²) in [6, 6.07) is 12.0. The quantitative estimate of drug-likeness (QED) is 0.934. The first-order valence-corrected chi connectivity index (χ1v) is 9.07. The Morgan fingerprint density at radius 3 is 2.96 bits per heavy atom. The molecule has 2 aliphatic rings. The van der Waals surface area contributed by atoms with E-state index < -0.39 is 0 Å². The summed E-state index contributed by atoms with van der Waals surface area (Å²) in [5, 5.41) is 4.91. The van der Waals surface area contributed by atoms with Crippen LogP contribution in [0, 0.1) is 0 Å². The van der Waals surface area contributed by atoms with Gasteiger partial charge in [0.15, 0.2) is 0 Å². The number of benzene rings is 1. The van der Waals surface area contributed by atoms with Crippen molar-refractivity contribution in [3.63, 3.8) is 0 Å². The van der Waals surface area contributed by atoms with E-state index in [1.54, 1.807) is 16.2 Å². The zero-order valence-corrected chi connectivity index (χ0v) is 14.1. The summed E-state index contributed by atoms with van der Waals surface area (Å²) in [5.41, 5.74) is 1.49. The monoisotopic (exact) mass is 341 g/mol. The van der Waals surface area contributed by atoms with Crippen LogP contribution in [0.25, 0.3) is 0 Å². The SMILES string of the molecule is O=C1CN(C(=O)CN2CCCC2c2cccs2)c2ccccc2N1. The second-order valence-electron chi connectivity index (χ2n) is 6.19. The lowest BCUT2D eigenvalue weighted by atomic mass is 10.1. The highest BCUT2D eigenvalue weighted by atomic mass is 32.1. The summed E-state index contributed by atoms with van der Waals surface area (Å²) < 4.78 is 0. The Morgan fingerprint density at radius 1 is 1.25 bits per heavy atom. The van der Waals surface area contributed by atoms with Crippen molar-refractivity contribution < 1.29 is 9.59 Å². The number of likely N-dealkylation sites (tertiary alicyclic amines) is 1. The lowest BCUT2D eigenvalue weighted by molar-refractivity contribution is -0.122. The van der Waals surface area contributed by atoms with Crippen LogP contribution in [0.5, 0.6) is 0 Å². The summed E-state index contributed by atoms with van der Waals surface area (Å²) in [4.78, 5) is 30.0. The van der Waals surface area contributed by atoms with E-state index in [2.05, 4.69) is 27.7 Å². The largest absolute Gasteiger partial charge is 0.323 e. The van der Waals surface area contributed by atoms with Crippen LogP contribution in [0.4, 0.5) is 11.4 Å². The minimum Gasteiger partial charge on any atom is -0.323 e. The van der Waals surface area contributed by atoms with E-state index in [-0.39, 0.29) is 18.4 Å². The number of carbonyl (C=O) groups excluding carboxylic acids is 2. The fourth-order valence-electron chi connectivity index (χ4n) is 3.53. The van der Waals surface area contributed by atoms with Crippen molar-refractivity contribution in [2.45, 2.75) is 18.9 Å². The molecule has 0 spiro atoms. The van der Waals surface area contributed by atoms with Crippen molar-refractivity contribution in [2.24, 2.45) is 0 Å². The number of thiophene rings is 1. The summed E-state index contributed by atoms with van der Waals surface area (Å²) in [5.74, 6) is -0.154. The first-order valence-electron chi connectivity index (χ1n) is 8.19. The number of amides is 2. The number of hydrogen-bond acceptors (Lipinski definition) is 4. The van der Waals surface area contributed by atoms with Gasteiger partial charge in [0.1, 0.15) is 6.54 Å². The van der Waals surface area contributed by atoms with E-state index in [1.807, 2.05) is 24.3 Å². The molecule has 0 saturated carbocycles. The number of anilines is 2. The molecule has 5 nitrogen and oxygen atoms in total. The third-order valence-electron chi connectivity index (χ3n) is 4.65. The third kappa shape index (κ3) is 2.83. The average Bonchev–Trinajstić information content (AvgIpc) is 3.25. The van der Waals surface area contributed by atoms with Crippen LogP contribution in [-0.2, 0) is 9.59 Å². The normalized spacial score (nSPS) is 20.8.